The van der Waals surface area contributed by atoms with Crippen molar-refractivity contribution in [2.24, 2.45) is 5.73 Å². The van der Waals surface area contributed by atoms with E-state index in [0.29, 0.717) is 0 Å². The van der Waals surface area contributed by atoms with Crippen molar-refractivity contribution in [3.05, 3.63) is 42.0 Å². The van der Waals surface area contributed by atoms with Crippen LogP contribution in [-0.4, -0.2) is 13.1 Å². The van der Waals surface area contributed by atoms with Crippen molar-refractivity contribution in [2.75, 3.05) is 7.11 Å². The Morgan fingerprint density at radius 1 is 1.47 bits per heavy atom. The SMILES string of the molecule is C=C(C)c1ccccc1C(N)C(=O)OC. The zero-order valence-electron chi connectivity index (χ0n) is 8.99. The molecule has 80 valence electrons. The van der Waals surface area contributed by atoms with Crippen LogP contribution in [0.1, 0.15) is 24.1 Å². The molecule has 0 saturated heterocycles. The van der Waals surface area contributed by atoms with E-state index in [1.54, 1.807) is 0 Å². The molecule has 3 heteroatoms. The predicted octanol–water partition coefficient (Wildman–Crippen LogP) is 1.89. The minimum Gasteiger partial charge on any atom is -0.468 e. The molecular weight excluding hydrogens is 190 g/mol. The van der Waals surface area contributed by atoms with Gasteiger partial charge in [-0.25, -0.2) is 0 Å². The van der Waals surface area contributed by atoms with Gasteiger partial charge in [0.1, 0.15) is 6.04 Å². The van der Waals surface area contributed by atoms with Crippen LogP contribution in [0.15, 0.2) is 30.8 Å². The van der Waals surface area contributed by atoms with E-state index in [1.165, 1.54) is 7.11 Å². The van der Waals surface area contributed by atoms with Gasteiger partial charge in [-0.05, 0) is 18.1 Å². The molecule has 0 saturated carbocycles. The summed E-state index contributed by atoms with van der Waals surface area (Å²) in [4.78, 5) is 11.3. The number of carbonyl (C=O) groups excluding carboxylic acids is 1. The van der Waals surface area contributed by atoms with Crippen LogP contribution < -0.4 is 5.73 Å². The smallest absolute Gasteiger partial charge is 0.327 e. The van der Waals surface area contributed by atoms with E-state index in [0.717, 1.165) is 16.7 Å². The van der Waals surface area contributed by atoms with Gasteiger partial charge in [0, 0.05) is 0 Å². The fraction of sp³-hybridized carbons (Fsp3) is 0.250. The molecular formula is C12H15NO2. The van der Waals surface area contributed by atoms with Crippen LogP contribution in [0.4, 0.5) is 0 Å². The van der Waals surface area contributed by atoms with E-state index in [4.69, 9.17) is 5.73 Å². The number of rotatable bonds is 3. The lowest BCUT2D eigenvalue weighted by Crippen LogP contribution is -2.23. The third kappa shape index (κ3) is 2.44. The number of esters is 1. The summed E-state index contributed by atoms with van der Waals surface area (Å²) in [5.74, 6) is -0.441. The molecule has 0 radical (unpaired) electrons. The maximum Gasteiger partial charge on any atom is 0.327 e. The second-order valence-electron chi connectivity index (χ2n) is 3.37. The van der Waals surface area contributed by atoms with Crippen molar-refractivity contribution >= 4 is 11.5 Å². The zero-order valence-corrected chi connectivity index (χ0v) is 8.99. The first-order chi connectivity index (χ1) is 7.07. The van der Waals surface area contributed by atoms with E-state index in [1.807, 2.05) is 31.2 Å². The summed E-state index contributed by atoms with van der Waals surface area (Å²) in [7, 11) is 1.32. The van der Waals surface area contributed by atoms with Crippen molar-refractivity contribution < 1.29 is 9.53 Å². The summed E-state index contributed by atoms with van der Waals surface area (Å²) >= 11 is 0. The van der Waals surface area contributed by atoms with Crippen LogP contribution in [0.3, 0.4) is 0 Å². The summed E-state index contributed by atoms with van der Waals surface area (Å²) < 4.78 is 4.61. The average Bonchev–Trinajstić information content (AvgIpc) is 2.27. The number of hydrogen-bond donors (Lipinski definition) is 1. The molecule has 1 aromatic rings. The third-order valence-corrected chi connectivity index (χ3v) is 2.21. The van der Waals surface area contributed by atoms with Gasteiger partial charge in [-0.3, -0.25) is 4.79 Å². The number of methoxy groups -OCH3 is 1. The summed E-state index contributed by atoms with van der Waals surface area (Å²) in [6, 6.07) is 6.68. The van der Waals surface area contributed by atoms with Gasteiger partial charge in [0.25, 0.3) is 0 Å². The molecule has 0 aliphatic rings. The Morgan fingerprint density at radius 2 is 2.07 bits per heavy atom. The maximum absolute atomic E-state index is 11.3. The summed E-state index contributed by atoms with van der Waals surface area (Å²) in [5, 5.41) is 0. The zero-order chi connectivity index (χ0) is 11.4. The molecule has 0 amide bonds. The second-order valence-corrected chi connectivity index (χ2v) is 3.37. The largest absolute Gasteiger partial charge is 0.468 e. The highest BCUT2D eigenvalue weighted by atomic mass is 16.5. The van der Waals surface area contributed by atoms with Gasteiger partial charge in [0.15, 0.2) is 0 Å². The summed E-state index contributed by atoms with van der Waals surface area (Å²) in [5.41, 5.74) is 8.30. The van der Waals surface area contributed by atoms with Crippen LogP contribution in [-0.2, 0) is 9.53 Å². The van der Waals surface area contributed by atoms with Gasteiger partial charge in [-0.1, -0.05) is 36.4 Å². The molecule has 1 atom stereocenters. The van der Waals surface area contributed by atoms with Gasteiger partial charge in [0.2, 0.25) is 0 Å². The van der Waals surface area contributed by atoms with Crippen molar-refractivity contribution in [2.45, 2.75) is 13.0 Å². The third-order valence-electron chi connectivity index (χ3n) is 2.21. The highest BCUT2D eigenvalue weighted by Gasteiger charge is 2.18. The first-order valence-electron chi connectivity index (χ1n) is 4.66. The van der Waals surface area contributed by atoms with Crippen molar-refractivity contribution in [1.82, 2.24) is 0 Å². The quantitative estimate of drug-likeness (QED) is 0.767. The molecule has 0 fully saturated rings. The molecule has 0 aliphatic carbocycles. The van der Waals surface area contributed by atoms with Crippen molar-refractivity contribution in [3.63, 3.8) is 0 Å². The fourth-order valence-electron chi connectivity index (χ4n) is 1.41. The fourth-order valence-corrected chi connectivity index (χ4v) is 1.41. The molecule has 3 nitrogen and oxygen atoms in total. The lowest BCUT2D eigenvalue weighted by Gasteiger charge is -2.14. The molecule has 1 aromatic carbocycles. The number of nitrogens with two attached hydrogens (primary N) is 1. The summed E-state index contributed by atoms with van der Waals surface area (Å²) in [6.45, 7) is 5.72. The minimum absolute atomic E-state index is 0.441. The normalized spacial score (nSPS) is 11.9. The van der Waals surface area contributed by atoms with E-state index < -0.39 is 12.0 Å². The molecule has 0 aromatic heterocycles. The van der Waals surface area contributed by atoms with E-state index >= 15 is 0 Å². The number of carbonyl (C=O) groups is 1. The number of benzene rings is 1. The monoisotopic (exact) mass is 205 g/mol. The number of allylic oxidation sites excluding steroid dienone is 1. The van der Waals surface area contributed by atoms with Crippen LogP contribution in [0.25, 0.3) is 5.57 Å². The Hall–Kier alpha value is -1.61. The molecule has 0 heterocycles. The Balaban J connectivity index is 3.13. The van der Waals surface area contributed by atoms with Gasteiger partial charge in [0.05, 0.1) is 7.11 Å². The molecule has 15 heavy (non-hydrogen) atoms. The second kappa shape index (κ2) is 4.75. The van der Waals surface area contributed by atoms with Gasteiger partial charge in [-0.15, -0.1) is 0 Å². The Morgan fingerprint density at radius 3 is 2.60 bits per heavy atom. The first-order valence-corrected chi connectivity index (χ1v) is 4.66. The van der Waals surface area contributed by atoms with Crippen LogP contribution >= 0.6 is 0 Å². The van der Waals surface area contributed by atoms with E-state index in [9.17, 15) is 4.79 Å². The highest BCUT2D eigenvalue weighted by molar-refractivity contribution is 5.80. The average molecular weight is 205 g/mol. The molecule has 1 rings (SSSR count). The summed E-state index contributed by atoms with van der Waals surface area (Å²) in [6.07, 6.45) is 0. The Bertz CT molecular complexity index is 385. The lowest BCUT2D eigenvalue weighted by atomic mass is 9.97. The first kappa shape index (κ1) is 11.5. The van der Waals surface area contributed by atoms with Gasteiger partial charge < -0.3 is 10.5 Å². The molecule has 2 N–H and O–H groups in total. The van der Waals surface area contributed by atoms with Crippen LogP contribution in [0.2, 0.25) is 0 Å². The number of ether oxygens (including phenoxy) is 1. The topological polar surface area (TPSA) is 52.3 Å². The van der Waals surface area contributed by atoms with Gasteiger partial charge in [-0.2, -0.15) is 0 Å². The molecule has 0 bridgehead atoms. The van der Waals surface area contributed by atoms with E-state index in [2.05, 4.69) is 11.3 Å². The molecule has 1 unspecified atom stereocenters. The molecule has 0 spiro atoms. The predicted molar refractivity (Wildman–Crippen MR) is 60.1 cm³/mol. The standard InChI is InChI=1S/C12H15NO2/c1-8(2)9-6-4-5-7-10(9)11(13)12(14)15-3/h4-7,11H,1,13H2,2-3H3. The lowest BCUT2D eigenvalue weighted by molar-refractivity contribution is -0.142. The minimum atomic E-state index is -0.747. The van der Waals surface area contributed by atoms with Crippen LogP contribution in [0, 0.1) is 0 Å². The highest BCUT2D eigenvalue weighted by Crippen LogP contribution is 2.22. The van der Waals surface area contributed by atoms with E-state index in [-0.39, 0.29) is 0 Å². The van der Waals surface area contributed by atoms with Crippen LogP contribution in [0.5, 0.6) is 0 Å². The van der Waals surface area contributed by atoms with Crippen molar-refractivity contribution in [1.29, 1.82) is 0 Å². The maximum atomic E-state index is 11.3. The van der Waals surface area contributed by atoms with Gasteiger partial charge >= 0.3 is 5.97 Å². The van der Waals surface area contributed by atoms with Crippen molar-refractivity contribution in [3.8, 4) is 0 Å². The Kier molecular flexibility index (Phi) is 3.63. The molecule has 0 aliphatic heterocycles. The Labute approximate surface area is 89.5 Å². The number of hydrogen-bond acceptors (Lipinski definition) is 3.